The van der Waals surface area contributed by atoms with Gasteiger partial charge in [-0.05, 0) is 49.2 Å². The summed E-state index contributed by atoms with van der Waals surface area (Å²) in [5.41, 5.74) is 1.23. The van der Waals surface area contributed by atoms with Crippen LogP contribution in [0.2, 0.25) is 0 Å². The number of aromatic nitrogens is 3. The van der Waals surface area contributed by atoms with E-state index in [0.29, 0.717) is 52.1 Å². The van der Waals surface area contributed by atoms with Crippen molar-refractivity contribution in [2.24, 2.45) is 0 Å². The van der Waals surface area contributed by atoms with Crippen LogP contribution in [0.5, 0.6) is 11.5 Å². The fraction of sp³-hybridized carbons (Fsp3) is 0.269. The van der Waals surface area contributed by atoms with E-state index in [2.05, 4.69) is 15.5 Å². The van der Waals surface area contributed by atoms with Crippen molar-refractivity contribution in [2.45, 2.75) is 25.0 Å². The third kappa shape index (κ3) is 5.97. The number of rotatable bonds is 10. The average molecular weight is 539 g/mol. The van der Waals surface area contributed by atoms with Gasteiger partial charge in [0.1, 0.15) is 5.76 Å². The van der Waals surface area contributed by atoms with Crippen LogP contribution in [0.3, 0.4) is 0 Å². The lowest BCUT2D eigenvalue weighted by Crippen LogP contribution is -2.25. The molecule has 1 amide bonds. The first-order valence-electron chi connectivity index (χ1n) is 11.5. The van der Waals surface area contributed by atoms with Gasteiger partial charge >= 0.3 is 5.97 Å². The van der Waals surface area contributed by atoms with Gasteiger partial charge in [-0.15, -0.1) is 0 Å². The number of anilines is 1. The summed E-state index contributed by atoms with van der Waals surface area (Å²) in [5.74, 6) is 1.14. The van der Waals surface area contributed by atoms with E-state index in [9.17, 15) is 14.4 Å². The van der Waals surface area contributed by atoms with Crippen molar-refractivity contribution in [2.75, 3.05) is 32.4 Å². The Labute approximate surface area is 222 Å². The monoisotopic (exact) mass is 538 g/mol. The minimum Gasteiger partial charge on any atom is -0.493 e. The van der Waals surface area contributed by atoms with Crippen LogP contribution in [0.15, 0.2) is 56.9 Å². The predicted molar refractivity (Wildman–Crippen MR) is 141 cm³/mol. The van der Waals surface area contributed by atoms with Gasteiger partial charge in [0, 0.05) is 12.6 Å². The molecule has 11 nitrogen and oxygen atoms in total. The van der Waals surface area contributed by atoms with Gasteiger partial charge in [-0.1, -0.05) is 23.0 Å². The van der Waals surface area contributed by atoms with Gasteiger partial charge in [-0.2, -0.15) is 0 Å². The Morgan fingerprint density at radius 2 is 1.84 bits per heavy atom. The summed E-state index contributed by atoms with van der Waals surface area (Å²) in [5, 5.41) is 7.08. The number of carbonyl (C=O) groups excluding carboxylic acids is 2. The van der Waals surface area contributed by atoms with Gasteiger partial charge in [-0.3, -0.25) is 14.2 Å². The van der Waals surface area contributed by atoms with Crippen molar-refractivity contribution in [1.82, 2.24) is 14.7 Å². The summed E-state index contributed by atoms with van der Waals surface area (Å²) >= 11 is 1.10. The van der Waals surface area contributed by atoms with Gasteiger partial charge in [0.2, 0.25) is 5.91 Å². The van der Waals surface area contributed by atoms with Crippen molar-refractivity contribution in [3.05, 3.63) is 69.7 Å². The molecule has 12 heteroatoms. The predicted octanol–water partition coefficient (Wildman–Crippen LogP) is 3.47. The number of carbonyl (C=O) groups is 2. The second-order valence-electron chi connectivity index (χ2n) is 8.17. The third-order valence-electron chi connectivity index (χ3n) is 5.64. The third-order valence-corrected chi connectivity index (χ3v) is 6.62. The van der Waals surface area contributed by atoms with Crippen LogP contribution in [0.4, 0.5) is 5.82 Å². The molecule has 0 aliphatic heterocycles. The molecule has 2 aromatic carbocycles. The lowest BCUT2D eigenvalue weighted by Gasteiger charge is -2.14. The van der Waals surface area contributed by atoms with E-state index in [0.717, 1.165) is 17.3 Å². The zero-order valence-electron chi connectivity index (χ0n) is 21.3. The summed E-state index contributed by atoms with van der Waals surface area (Å²) in [4.78, 5) is 42.7. The molecular weight excluding hydrogens is 512 g/mol. The van der Waals surface area contributed by atoms with Gasteiger partial charge < -0.3 is 24.1 Å². The lowest BCUT2D eigenvalue weighted by atomic mass is 10.1. The molecule has 0 saturated carbocycles. The van der Waals surface area contributed by atoms with Crippen LogP contribution in [0, 0.1) is 6.92 Å². The number of fused-ring (bicyclic) bond motifs is 1. The Kier molecular flexibility index (Phi) is 8.31. The molecule has 2 aromatic heterocycles. The molecule has 0 radical (unpaired) electrons. The molecule has 198 valence electrons. The number of amides is 1. The minimum atomic E-state index is -0.539. The highest BCUT2D eigenvalue weighted by Crippen LogP contribution is 2.28. The highest BCUT2D eigenvalue weighted by atomic mass is 32.2. The van der Waals surface area contributed by atoms with E-state index in [1.165, 1.54) is 23.8 Å². The molecule has 2 heterocycles. The molecule has 4 rings (SSSR count). The largest absolute Gasteiger partial charge is 0.493 e. The molecule has 4 aromatic rings. The SMILES string of the molecule is COC(=O)c1ccc2c(=O)n(CCc3ccc(OC)c(OC)c3)c(SCC(=O)Nc3cc(C)on3)nc2c1. The number of hydrogen-bond donors (Lipinski definition) is 1. The Bertz CT molecular complexity index is 1550. The highest BCUT2D eigenvalue weighted by Gasteiger charge is 2.17. The van der Waals surface area contributed by atoms with Gasteiger partial charge in [0.05, 0.1) is 43.5 Å². The van der Waals surface area contributed by atoms with E-state index >= 15 is 0 Å². The molecule has 0 aliphatic rings. The Hall–Kier alpha value is -4.32. The number of methoxy groups -OCH3 is 3. The minimum absolute atomic E-state index is 0.0308. The average Bonchev–Trinajstić information content (AvgIpc) is 3.34. The molecule has 0 aliphatic carbocycles. The molecule has 0 fully saturated rings. The maximum Gasteiger partial charge on any atom is 0.337 e. The molecule has 0 spiro atoms. The number of ether oxygens (including phenoxy) is 3. The molecule has 0 atom stereocenters. The maximum atomic E-state index is 13.5. The number of nitrogens with one attached hydrogen (secondary N) is 1. The number of nitrogens with zero attached hydrogens (tertiary/aromatic N) is 3. The van der Waals surface area contributed by atoms with Crippen LogP contribution in [-0.4, -0.2) is 53.7 Å². The van der Waals surface area contributed by atoms with E-state index < -0.39 is 5.97 Å². The van der Waals surface area contributed by atoms with Crippen molar-refractivity contribution >= 4 is 40.4 Å². The van der Waals surface area contributed by atoms with Crippen molar-refractivity contribution in [3.8, 4) is 11.5 Å². The van der Waals surface area contributed by atoms with Gasteiger partial charge in [0.15, 0.2) is 22.5 Å². The van der Waals surface area contributed by atoms with Crippen LogP contribution in [0.1, 0.15) is 21.7 Å². The summed E-state index contributed by atoms with van der Waals surface area (Å²) in [6.45, 7) is 2.01. The van der Waals surface area contributed by atoms with E-state index in [4.69, 9.17) is 18.7 Å². The summed E-state index contributed by atoms with van der Waals surface area (Å²) < 4.78 is 22.0. The second kappa shape index (κ2) is 11.8. The lowest BCUT2D eigenvalue weighted by molar-refractivity contribution is -0.113. The second-order valence-corrected chi connectivity index (χ2v) is 9.12. The Morgan fingerprint density at radius 3 is 2.53 bits per heavy atom. The van der Waals surface area contributed by atoms with Crippen LogP contribution in [0.25, 0.3) is 10.9 Å². The fourth-order valence-corrected chi connectivity index (χ4v) is 4.59. The van der Waals surface area contributed by atoms with Crippen LogP contribution in [-0.2, 0) is 22.5 Å². The zero-order valence-corrected chi connectivity index (χ0v) is 22.1. The smallest absolute Gasteiger partial charge is 0.337 e. The quantitative estimate of drug-likeness (QED) is 0.182. The number of hydrogen-bond acceptors (Lipinski definition) is 10. The van der Waals surface area contributed by atoms with E-state index in [1.807, 2.05) is 12.1 Å². The Morgan fingerprint density at radius 1 is 1.05 bits per heavy atom. The summed E-state index contributed by atoms with van der Waals surface area (Å²) in [7, 11) is 4.40. The number of aryl methyl sites for hydroxylation is 2. The summed E-state index contributed by atoms with van der Waals surface area (Å²) in [6.07, 6.45) is 0.492. The van der Waals surface area contributed by atoms with Gasteiger partial charge in [0.25, 0.3) is 5.56 Å². The highest BCUT2D eigenvalue weighted by molar-refractivity contribution is 7.99. The molecular formula is C26H26N4O7S. The van der Waals surface area contributed by atoms with Crippen molar-refractivity contribution < 1.29 is 28.3 Å². The van der Waals surface area contributed by atoms with Crippen LogP contribution < -0.4 is 20.3 Å². The zero-order chi connectivity index (χ0) is 27.2. The number of thioether (sulfide) groups is 1. The molecule has 0 bridgehead atoms. The maximum absolute atomic E-state index is 13.5. The topological polar surface area (TPSA) is 135 Å². The Balaban J connectivity index is 1.65. The van der Waals surface area contributed by atoms with Gasteiger partial charge in [-0.25, -0.2) is 9.78 Å². The number of esters is 1. The van der Waals surface area contributed by atoms with E-state index in [-0.39, 0.29) is 22.8 Å². The van der Waals surface area contributed by atoms with Crippen LogP contribution >= 0.6 is 11.8 Å². The first-order chi connectivity index (χ1) is 18.3. The first kappa shape index (κ1) is 26.7. The molecule has 38 heavy (non-hydrogen) atoms. The molecule has 0 saturated heterocycles. The van der Waals surface area contributed by atoms with Crippen molar-refractivity contribution in [1.29, 1.82) is 0 Å². The molecule has 0 unspecified atom stereocenters. The normalized spacial score (nSPS) is 10.8. The van der Waals surface area contributed by atoms with E-state index in [1.54, 1.807) is 39.3 Å². The summed E-state index contributed by atoms with van der Waals surface area (Å²) in [6, 6.07) is 11.7. The standard InChI is InChI=1S/C26H26N4O7S/c1-15-11-22(29-37-15)28-23(31)14-38-26-27-19-13-17(25(33)36-4)6-7-18(19)24(32)30(26)10-9-16-5-8-20(34-2)21(12-16)35-3/h5-8,11-13H,9-10,14H2,1-4H3,(H,28,29,31). The number of benzene rings is 2. The molecule has 1 N–H and O–H groups in total. The first-order valence-corrected chi connectivity index (χ1v) is 12.5. The van der Waals surface area contributed by atoms with Crippen molar-refractivity contribution in [3.63, 3.8) is 0 Å². The fourth-order valence-electron chi connectivity index (χ4n) is 3.76.